The minimum Gasteiger partial charge on any atom is -0.367 e. The number of hydrogen-bond acceptors (Lipinski definition) is 6. The molecule has 6 nitrogen and oxygen atoms in total. The van der Waals surface area contributed by atoms with Crippen molar-refractivity contribution >= 4 is 45.6 Å². The molecule has 1 N–H and O–H groups in total. The number of benzene rings is 2. The molecule has 2 aliphatic rings. The monoisotopic (exact) mass is 476 g/mol. The predicted molar refractivity (Wildman–Crippen MR) is 135 cm³/mol. The lowest BCUT2D eigenvalue weighted by molar-refractivity contribution is -0.115. The van der Waals surface area contributed by atoms with Crippen molar-refractivity contribution in [3.63, 3.8) is 0 Å². The highest BCUT2D eigenvalue weighted by Gasteiger charge is 2.25. The first-order chi connectivity index (χ1) is 16.4. The van der Waals surface area contributed by atoms with E-state index in [4.69, 9.17) is 0 Å². The SMILES string of the molecule is CCN1CCN(c2ccc(-c3cc(C)nc4ccc(C=C5SC(=O)NC5=O)cc34)cc2F)CC1. The minimum absolute atomic E-state index is 0.235. The highest BCUT2D eigenvalue weighted by atomic mass is 32.2. The normalized spacial score (nSPS) is 18.2. The first kappa shape index (κ1) is 22.6. The summed E-state index contributed by atoms with van der Waals surface area (Å²) in [6.07, 6.45) is 1.69. The number of carbonyl (C=O) groups is 2. The highest BCUT2D eigenvalue weighted by Crippen LogP contribution is 2.34. The average molecular weight is 477 g/mol. The number of anilines is 1. The molecular formula is C26H25FN4O2S. The number of halogens is 1. The molecular weight excluding hydrogens is 451 g/mol. The molecule has 0 aliphatic carbocycles. The van der Waals surface area contributed by atoms with Crippen LogP contribution in [0, 0.1) is 12.7 Å². The maximum absolute atomic E-state index is 15.3. The lowest BCUT2D eigenvalue weighted by Crippen LogP contribution is -2.46. The number of fused-ring (bicyclic) bond motifs is 1. The van der Waals surface area contributed by atoms with E-state index >= 15 is 4.39 Å². The van der Waals surface area contributed by atoms with Crippen LogP contribution in [0.15, 0.2) is 47.4 Å². The highest BCUT2D eigenvalue weighted by molar-refractivity contribution is 8.18. The second-order valence-corrected chi connectivity index (χ2v) is 9.54. The molecule has 1 aromatic heterocycles. The fourth-order valence-electron chi connectivity index (χ4n) is 4.51. The summed E-state index contributed by atoms with van der Waals surface area (Å²) in [7, 11) is 0. The molecule has 0 radical (unpaired) electrons. The molecule has 8 heteroatoms. The smallest absolute Gasteiger partial charge is 0.290 e. The van der Waals surface area contributed by atoms with Crippen molar-refractivity contribution < 1.29 is 14.0 Å². The van der Waals surface area contributed by atoms with E-state index in [-0.39, 0.29) is 11.1 Å². The number of pyridine rings is 1. The first-order valence-electron chi connectivity index (χ1n) is 11.3. The quantitative estimate of drug-likeness (QED) is 0.545. The molecule has 2 fully saturated rings. The molecule has 0 atom stereocenters. The molecule has 3 heterocycles. The summed E-state index contributed by atoms with van der Waals surface area (Å²) in [4.78, 5) is 32.9. The number of rotatable bonds is 4. The first-order valence-corrected chi connectivity index (χ1v) is 12.2. The van der Waals surface area contributed by atoms with Crippen molar-refractivity contribution in [2.45, 2.75) is 13.8 Å². The Morgan fingerprint density at radius 1 is 1.09 bits per heavy atom. The van der Waals surface area contributed by atoms with E-state index in [1.807, 2.05) is 43.3 Å². The van der Waals surface area contributed by atoms with Gasteiger partial charge in [0.25, 0.3) is 11.1 Å². The minimum atomic E-state index is -0.394. The van der Waals surface area contributed by atoms with Gasteiger partial charge in [-0.2, -0.15) is 0 Å². The Morgan fingerprint density at radius 2 is 1.88 bits per heavy atom. The van der Waals surface area contributed by atoms with Crippen molar-refractivity contribution in [2.75, 3.05) is 37.6 Å². The average Bonchev–Trinajstić information content (AvgIpc) is 3.15. The number of piperazine rings is 1. The summed E-state index contributed by atoms with van der Waals surface area (Å²) in [6, 6.07) is 13.1. The molecule has 34 heavy (non-hydrogen) atoms. The number of thioether (sulfide) groups is 1. The zero-order chi connectivity index (χ0) is 23.8. The van der Waals surface area contributed by atoms with Crippen molar-refractivity contribution in [1.82, 2.24) is 15.2 Å². The van der Waals surface area contributed by atoms with Gasteiger partial charge in [0, 0.05) is 37.3 Å². The molecule has 2 aliphatic heterocycles. The van der Waals surface area contributed by atoms with Gasteiger partial charge in [0.15, 0.2) is 0 Å². The standard InChI is InChI=1S/C26H25FN4O2S/c1-3-30-8-10-31(11-9-30)23-7-5-18(15-21(23)27)19-12-16(2)28-22-6-4-17(13-20(19)22)14-24-25(32)29-26(33)34-24/h4-7,12-15H,3,8-11H2,1-2H3,(H,29,32,33). The Morgan fingerprint density at radius 3 is 2.56 bits per heavy atom. The fourth-order valence-corrected chi connectivity index (χ4v) is 5.19. The topological polar surface area (TPSA) is 65.5 Å². The van der Waals surface area contributed by atoms with Gasteiger partial charge in [-0.1, -0.05) is 19.1 Å². The number of amides is 2. The van der Waals surface area contributed by atoms with Crippen LogP contribution in [0.4, 0.5) is 14.9 Å². The summed E-state index contributed by atoms with van der Waals surface area (Å²) in [6.45, 7) is 8.58. The number of hydrogen-bond donors (Lipinski definition) is 1. The molecule has 3 aromatic rings. The third-order valence-corrected chi connectivity index (χ3v) is 7.13. The van der Waals surface area contributed by atoms with Gasteiger partial charge in [-0.15, -0.1) is 0 Å². The number of nitrogens with zero attached hydrogens (tertiary/aromatic N) is 3. The fraction of sp³-hybridized carbons (Fsp3) is 0.269. The molecule has 5 rings (SSSR count). The van der Waals surface area contributed by atoms with E-state index in [0.29, 0.717) is 10.6 Å². The second kappa shape index (κ2) is 9.19. The lowest BCUT2D eigenvalue weighted by Gasteiger charge is -2.35. The van der Waals surface area contributed by atoms with Crippen molar-refractivity contribution in [3.05, 3.63) is 64.4 Å². The van der Waals surface area contributed by atoms with E-state index in [0.717, 1.165) is 77.8 Å². The maximum atomic E-state index is 15.3. The van der Waals surface area contributed by atoms with Crippen LogP contribution in [-0.2, 0) is 4.79 Å². The number of imide groups is 1. The van der Waals surface area contributed by atoms with Crippen LogP contribution in [0.25, 0.3) is 28.1 Å². The van der Waals surface area contributed by atoms with Gasteiger partial charge < -0.3 is 9.80 Å². The number of nitrogens with one attached hydrogen (secondary N) is 1. The van der Waals surface area contributed by atoms with E-state index < -0.39 is 5.91 Å². The zero-order valence-corrected chi connectivity index (χ0v) is 19.9. The maximum Gasteiger partial charge on any atom is 0.290 e. The van der Waals surface area contributed by atoms with Crippen LogP contribution in [0.5, 0.6) is 0 Å². The van der Waals surface area contributed by atoms with Crippen LogP contribution in [0.2, 0.25) is 0 Å². The number of carbonyl (C=O) groups excluding carboxylic acids is 2. The molecule has 2 saturated heterocycles. The summed E-state index contributed by atoms with van der Waals surface area (Å²) >= 11 is 0.884. The summed E-state index contributed by atoms with van der Waals surface area (Å²) in [5.74, 6) is -0.629. The molecule has 0 spiro atoms. The Labute approximate surface area is 201 Å². The lowest BCUT2D eigenvalue weighted by atomic mass is 9.98. The van der Waals surface area contributed by atoms with Gasteiger partial charge in [-0.05, 0) is 78.3 Å². The molecule has 0 saturated carbocycles. The Hall–Kier alpha value is -3.23. The Bertz CT molecular complexity index is 1330. The zero-order valence-electron chi connectivity index (χ0n) is 19.1. The molecule has 0 bridgehead atoms. The van der Waals surface area contributed by atoms with Crippen LogP contribution in [-0.4, -0.2) is 53.8 Å². The molecule has 2 amide bonds. The van der Waals surface area contributed by atoms with Gasteiger partial charge in [0.05, 0.1) is 16.1 Å². The van der Waals surface area contributed by atoms with E-state index in [2.05, 4.69) is 27.0 Å². The number of aryl methyl sites for hydroxylation is 1. The van der Waals surface area contributed by atoms with Crippen LogP contribution < -0.4 is 10.2 Å². The Kier molecular flexibility index (Phi) is 6.10. The third kappa shape index (κ3) is 4.43. The van der Waals surface area contributed by atoms with Crippen LogP contribution in [0.3, 0.4) is 0 Å². The van der Waals surface area contributed by atoms with Crippen molar-refractivity contribution in [2.24, 2.45) is 0 Å². The van der Waals surface area contributed by atoms with Crippen LogP contribution >= 0.6 is 11.8 Å². The van der Waals surface area contributed by atoms with Crippen molar-refractivity contribution in [3.8, 4) is 11.1 Å². The van der Waals surface area contributed by atoms with Gasteiger partial charge in [0.1, 0.15) is 5.82 Å². The second-order valence-electron chi connectivity index (χ2n) is 8.53. The van der Waals surface area contributed by atoms with Crippen LogP contribution in [0.1, 0.15) is 18.2 Å². The molecule has 2 aromatic carbocycles. The third-order valence-electron chi connectivity index (χ3n) is 6.32. The number of aromatic nitrogens is 1. The van der Waals surface area contributed by atoms with E-state index in [1.165, 1.54) is 0 Å². The van der Waals surface area contributed by atoms with E-state index in [1.54, 1.807) is 12.1 Å². The number of likely N-dealkylation sites (N-methyl/N-ethyl adjacent to an activating group) is 1. The van der Waals surface area contributed by atoms with Gasteiger partial charge in [-0.3, -0.25) is 19.9 Å². The van der Waals surface area contributed by atoms with E-state index in [9.17, 15) is 9.59 Å². The summed E-state index contributed by atoms with van der Waals surface area (Å²) in [5.41, 5.74) is 4.69. The van der Waals surface area contributed by atoms with Crippen molar-refractivity contribution in [1.29, 1.82) is 0 Å². The molecule has 174 valence electrons. The van der Waals surface area contributed by atoms with Gasteiger partial charge in [0.2, 0.25) is 0 Å². The van der Waals surface area contributed by atoms with Gasteiger partial charge >= 0.3 is 0 Å². The summed E-state index contributed by atoms with van der Waals surface area (Å²) < 4.78 is 15.3. The Balaban J connectivity index is 1.51. The molecule has 0 unspecified atom stereocenters. The predicted octanol–water partition coefficient (Wildman–Crippen LogP) is 4.82. The largest absolute Gasteiger partial charge is 0.367 e. The summed E-state index contributed by atoms with van der Waals surface area (Å²) in [5, 5.41) is 2.76. The van der Waals surface area contributed by atoms with Gasteiger partial charge in [-0.25, -0.2) is 4.39 Å².